The van der Waals surface area contributed by atoms with Crippen molar-refractivity contribution < 1.29 is 19.4 Å². The third kappa shape index (κ3) is 23.4. The number of hydrogen-bond donors (Lipinski definition) is 1. The molecule has 0 saturated carbocycles. The summed E-state index contributed by atoms with van der Waals surface area (Å²) >= 11 is 0. The summed E-state index contributed by atoms with van der Waals surface area (Å²) in [4.78, 5) is 19.3. The van der Waals surface area contributed by atoms with E-state index in [0.29, 0.717) is 13.0 Å². The number of carbonyl (C=O) groups excluding carboxylic acids is 1. The topological polar surface area (TPSA) is 63.6 Å². The highest BCUT2D eigenvalue weighted by Crippen LogP contribution is 1.84. The van der Waals surface area contributed by atoms with Crippen LogP contribution in [0.3, 0.4) is 0 Å². The molecule has 0 spiro atoms. The fraction of sp³-hybridized carbons (Fsp3) is 0.500. The van der Waals surface area contributed by atoms with Gasteiger partial charge in [0.05, 0.1) is 13.0 Å². The minimum Gasteiger partial charge on any atom is -0.481 e. The molecule has 0 bridgehead atoms. The number of aliphatic carboxylic acids is 1. The molecule has 0 rings (SSSR count). The number of esters is 1. The Morgan fingerprint density at radius 2 is 2.00 bits per heavy atom. The van der Waals surface area contributed by atoms with Gasteiger partial charge in [0.15, 0.2) is 0 Å². The molecule has 12 heavy (non-hydrogen) atoms. The van der Waals surface area contributed by atoms with Crippen molar-refractivity contribution in [3.05, 3.63) is 12.7 Å². The van der Waals surface area contributed by atoms with E-state index in [-0.39, 0.29) is 5.97 Å². The number of rotatable bonds is 3. The lowest BCUT2D eigenvalue weighted by atomic mass is 10.4. The summed E-state index contributed by atoms with van der Waals surface area (Å²) in [7, 11) is 0. The lowest BCUT2D eigenvalue weighted by molar-refractivity contribution is -0.142. The van der Waals surface area contributed by atoms with Crippen LogP contribution in [-0.4, -0.2) is 23.7 Å². The van der Waals surface area contributed by atoms with E-state index >= 15 is 0 Å². The van der Waals surface area contributed by atoms with Gasteiger partial charge in [-0.3, -0.25) is 9.59 Å². The van der Waals surface area contributed by atoms with Gasteiger partial charge in [-0.1, -0.05) is 6.08 Å². The zero-order valence-electron chi connectivity index (χ0n) is 7.37. The second-order valence-electron chi connectivity index (χ2n) is 1.82. The number of carbonyl (C=O) groups is 2. The van der Waals surface area contributed by atoms with Crippen LogP contribution in [0.4, 0.5) is 0 Å². The molecular weight excluding hydrogens is 160 g/mol. The maximum Gasteiger partial charge on any atom is 0.309 e. The molecule has 0 aliphatic rings. The van der Waals surface area contributed by atoms with Gasteiger partial charge < -0.3 is 9.84 Å². The van der Waals surface area contributed by atoms with Crippen LogP contribution in [-0.2, 0) is 14.3 Å². The predicted octanol–water partition coefficient (Wildman–Crippen LogP) is 1.22. The van der Waals surface area contributed by atoms with Crippen LogP contribution >= 0.6 is 0 Å². The molecule has 70 valence electrons. The van der Waals surface area contributed by atoms with Gasteiger partial charge >= 0.3 is 5.97 Å². The summed E-state index contributed by atoms with van der Waals surface area (Å²) in [6, 6.07) is 0. The summed E-state index contributed by atoms with van der Waals surface area (Å²) < 4.78 is 4.57. The van der Waals surface area contributed by atoms with E-state index in [4.69, 9.17) is 9.90 Å². The third-order valence-corrected chi connectivity index (χ3v) is 0.616. The molecule has 0 aromatic heterocycles. The second kappa shape index (κ2) is 9.68. The molecule has 0 aliphatic heterocycles. The molecule has 0 atom stereocenters. The first-order valence-corrected chi connectivity index (χ1v) is 3.50. The monoisotopic (exact) mass is 174 g/mol. The summed E-state index contributed by atoms with van der Waals surface area (Å²) in [6.45, 7) is 6.70. The average molecular weight is 174 g/mol. The quantitative estimate of drug-likeness (QED) is 0.516. The minimum atomic E-state index is -0.833. The summed E-state index contributed by atoms with van der Waals surface area (Å²) in [5.74, 6) is -1.04. The van der Waals surface area contributed by atoms with Crippen molar-refractivity contribution in [2.24, 2.45) is 0 Å². The van der Waals surface area contributed by atoms with Crippen molar-refractivity contribution in [2.75, 3.05) is 6.61 Å². The maximum atomic E-state index is 10.3. The SMILES string of the molecule is C=CCC(=O)OCC.CC(=O)O. The Labute approximate surface area is 71.8 Å². The summed E-state index contributed by atoms with van der Waals surface area (Å²) in [6.07, 6.45) is 1.84. The fourth-order valence-electron chi connectivity index (χ4n) is 0.338. The lowest BCUT2D eigenvalue weighted by Gasteiger charge is -1.94. The number of carboxylic acid groups (broad SMARTS) is 1. The predicted molar refractivity (Wildman–Crippen MR) is 44.8 cm³/mol. The van der Waals surface area contributed by atoms with Gasteiger partial charge in [0.1, 0.15) is 0 Å². The zero-order chi connectivity index (χ0) is 9.98. The average Bonchev–Trinajstić information content (AvgIpc) is 1.87. The molecule has 4 nitrogen and oxygen atoms in total. The van der Waals surface area contributed by atoms with E-state index in [1.807, 2.05) is 0 Å². The van der Waals surface area contributed by atoms with Crippen molar-refractivity contribution in [3.8, 4) is 0 Å². The normalized spacial score (nSPS) is 7.50. The first-order chi connectivity index (χ1) is 5.54. The summed E-state index contributed by atoms with van der Waals surface area (Å²) in [5.41, 5.74) is 0. The molecule has 0 saturated heterocycles. The Kier molecular flexibility index (Phi) is 10.7. The maximum absolute atomic E-state index is 10.3. The van der Waals surface area contributed by atoms with Crippen LogP contribution < -0.4 is 0 Å². The van der Waals surface area contributed by atoms with E-state index in [1.54, 1.807) is 6.92 Å². The van der Waals surface area contributed by atoms with Gasteiger partial charge in [0.2, 0.25) is 0 Å². The Balaban J connectivity index is 0. The lowest BCUT2D eigenvalue weighted by Crippen LogP contribution is -2.00. The Hall–Kier alpha value is -1.32. The van der Waals surface area contributed by atoms with Crippen LogP contribution in [0.5, 0.6) is 0 Å². The van der Waals surface area contributed by atoms with Gasteiger partial charge in [-0.15, -0.1) is 6.58 Å². The van der Waals surface area contributed by atoms with E-state index in [9.17, 15) is 4.79 Å². The smallest absolute Gasteiger partial charge is 0.309 e. The van der Waals surface area contributed by atoms with E-state index in [0.717, 1.165) is 6.92 Å². The second-order valence-corrected chi connectivity index (χ2v) is 1.82. The Bertz CT molecular complexity index is 147. The zero-order valence-corrected chi connectivity index (χ0v) is 7.37. The van der Waals surface area contributed by atoms with Gasteiger partial charge in [0, 0.05) is 6.92 Å². The first-order valence-electron chi connectivity index (χ1n) is 3.50. The largest absolute Gasteiger partial charge is 0.481 e. The van der Waals surface area contributed by atoms with E-state index in [2.05, 4.69) is 11.3 Å². The number of ether oxygens (including phenoxy) is 1. The number of carboxylic acids is 1. The van der Waals surface area contributed by atoms with Crippen molar-refractivity contribution >= 4 is 11.9 Å². The highest BCUT2D eigenvalue weighted by molar-refractivity contribution is 5.70. The van der Waals surface area contributed by atoms with Crippen LogP contribution in [0.15, 0.2) is 12.7 Å². The first kappa shape index (κ1) is 13.3. The molecule has 0 aromatic rings. The Morgan fingerprint density at radius 1 is 1.58 bits per heavy atom. The molecule has 0 amide bonds. The number of hydrogen-bond acceptors (Lipinski definition) is 3. The molecule has 0 radical (unpaired) electrons. The standard InChI is InChI=1S/C6H10O2.C2H4O2/c1-3-5-6(7)8-4-2;1-2(3)4/h3H,1,4-5H2,2H3;1H3,(H,3,4). The van der Waals surface area contributed by atoms with Gasteiger partial charge in [0.25, 0.3) is 5.97 Å². The van der Waals surface area contributed by atoms with Crippen LogP contribution in [0.1, 0.15) is 20.3 Å². The van der Waals surface area contributed by atoms with Crippen molar-refractivity contribution in [1.29, 1.82) is 0 Å². The molecule has 0 aliphatic carbocycles. The summed E-state index contributed by atoms with van der Waals surface area (Å²) in [5, 5.41) is 7.42. The highest BCUT2D eigenvalue weighted by Gasteiger charge is 1.93. The fourth-order valence-corrected chi connectivity index (χ4v) is 0.338. The molecular formula is C8H14O4. The minimum absolute atomic E-state index is 0.206. The molecule has 0 unspecified atom stereocenters. The molecule has 0 aromatic carbocycles. The highest BCUT2D eigenvalue weighted by atomic mass is 16.5. The van der Waals surface area contributed by atoms with E-state index in [1.165, 1.54) is 6.08 Å². The molecule has 1 N–H and O–H groups in total. The molecule has 0 fully saturated rings. The molecule has 4 heteroatoms. The van der Waals surface area contributed by atoms with Gasteiger partial charge in [-0.25, -0.2) is 0 Å². The van der Waals surface area contributed by atoms with Crippen LogP contribution in [0.2, 0.25) is 0 Å². The molecule has 0 heterocycles. The third-order valence-electron chi connectivity index (χ3n) is 0.616. The van der Waals surface area contributed by atoms with Gasteiger partial charge in [-0.05, 0) is 6.92 Å². The van der Waals surface area contributed by atoms with Crippen molar-refractivity contribution in [1.82, 2.24) is 0 Å². The van der Waals surface area contributed by atoms with E-state index < -0.39 is 5.97 Å². The van der Waals surface area contributed by atoms with Crippen LogP contribution in [0, 0.1) is 0 Å². The van der Waals surface area contributed by atoms with Gasteiger partial charge in [-0.2, -0.15) is 0 Å². The van der Waals surface area contributed by atoms with Crippen molar-refractivity contribution in [2.45, 2.75) is 20.3 Å². The van der Waals surface area contributed by atoms with Crippen molar-refractivity contribution in [3.63, 3.8) is 0 Å². The Morgan fingerprint density at radius 3 is 2.25 bits per heavy atom. The van der Waals surface area contributed by atoms with Crippen LogP contribution in [0.25, 0.3) is 0 Å².